The summed E-state index contributed by atoms with van der Waals surface area (Å²) in [6, 6.07) is 63.2. The van der Waals surface area contributed by atoms with Crippen molar-refractivity contribution in [3.05, 3.63) is 176 Å². The Kier molecular flexibility index (Phi) is 5.91. The lowest BCUT2D eigenvalue weighted by Crippen LogP contribution is -2.09. The van der Waals surface area contributed by atoms with Gasteiger partial charge in [-0.25, -0.2) is 0 Å². The highest BCUT2D eigenvalue weighted by Crippen LogP contribution is 2.42. The molecule has 0 spiro atoms. The molecule has 0 unspecified atom stereocenters. The molecule has 10 aromatic rings. The van der Waals surface area contributed by atoms with Crippen LogP contribution in [0, 0.1) is 0 Å². The SMILES string of the molecule is c1ccc(N(c2ccccc2)c2ccc(-c3ccc4oc5ccc(-c6ccc7ccc8cccc9ccc6c7c89)cc5c4c3)cc2)cc1. The number of anilines is 3. The van der Waals surface area contributed by atoms with Gasteiger partial charge in [-0.15, -0.1) is 0 Å². The van der Waals surface area contributed by atoms with Crippen LogP contribution in [0.25, 0.3) is 76.5 Å². The summed E-state index contributed by atoms with van der Waals surface area (Å²) in [7, 11) is 0. The van der Waals surface area contributed by atoms with Crippen molar-refractivity contribution in [3.63, 3.8) is 0 Å². The van der Waals surface area contributed by atoms with Gasteiger partial charge in [-0.3, -0.25) is 0 Å². The van der Waals surface area contributed by atoms with Gasteiger partial charge < -0.3 is 9.32 Å². The summed E-state index contributed by atoms with van der Waals surface area (Å²) in [6.45, 7) is 0. The highest BCUT2D eigenvalue weighted by molar-refractivity contribution is 6.25. The van der Waals surface area contributed by atoms with Crippen molar-refractivity contribution in [2.75, 3.05) is 4.90 Å². The smallest absolute Gasteiger partial charge is 0.135 e. The Morgan fingerprint density at radius 1 is 0.333 bits per heavy atom. The van der Waals surface area contributed by atoms with E-state index in [4.69, 9.17) is 4.42 Å². The van der Waals surface area contributed by atoms with Crippen molar-refractivity contribution in [1.82, 2.24) is 0 Å². The number of hydrogen-bond donors (Lipinski definition) is 0. The normalized spacial score (nSPS) is 11.8. The molecule has 0 atom stereocenters. The molecule has 9 aromatic carbocycles. The minimum Gasteiger partial charge on any atom is -0.456 e. The Morgan fingerprint density at radius 3 is 1.52 bits per heavy atom. The lowest BCUT2D eigenvalue weighted by molar-refractivity contribution is 0.669. The number of nitrogens with zero attached hydrogens (tertiary/aromatic N) is 1. The first kappa shape index (κ1) is 26.8. The summed E-state index contributed by atoms with van der Waals surface area (Å²) in [5, 5.41) is 10.1. The van der Waals surface area contributed by atoms with Crippen LogP contribution in [0.2, 0.25) is 0 Å². The zero-order valence-corrected chi connectivity index (χ0v) is 26.1. The van der Waals surface area contributed by atoms with E-state index in [9.17, 15) is 0 Å². The number of furan rings is 1. The van der Waals surface area contributed by atoms with E-state index in [2.05, 4.69) is 181 Å². The first-order valence-electron chi connectivity index (χ1n) is 16.4. The van der Waals surface area contributed by atoms with Gasteiger partial charge in [0.1, 0.15) is 11.2 Å². The number of benzene rings is 9. The second-order valence-corrected chi connectivity index (χ2v) is 12.5. The van der Waals surface area contributed by atoms with E-state index in [-0.39, 0.29) is 0 Å². The van der Waals surface area contributed by atoms with Gasteiger partial charge in [0, 0.05) is 27.8 Å². The van der Waals surface area contributed by atoms with E-state index in [0.29, 0.717) is 0 Å². The highest BCUT2D eigenvalue weighted by Gasteiger charge is 2.16. The third kappa shape index (κ3) is 4.20. The first-order valence-corrected chi connectivity index (χ1v) is 16.4. The van der Waals surface area contributed by atoms with Crippen LogP contribution in [0.4, 0.5) is 17.1 Å². The molecule has 48 heavy (non-hydrogen) atoms. The van der Waals surface area contributed by atoms with Crippen LogP contribution in [0.15, 0.2) is 180 Å². The van der Waals surface area contributed by atoms with E-state index in [1.807, 2.05) is 0 Å². The fourth-order valence-corrected chi connectivity index (χ4v) is 7.52. The van der Waals surface area contributed by atoms with E-state index in [1.54, 1.807) is 0 Å². The molecule has 224 valence electrons. The zero-order chi connectivity index (χ0) is 31.6. The number of fused-ring (bicyclic) bond motifs is 3. The minimum absolute atomic E-state index is 0.900. The second kappa shape index (κ2) is 10.6. The van der Waals surface area contributed by atoms with Gasteiger partial charge in [0.25, 0.3) is 0 Å². The molecule has 1 heterocycles. The Balaban J connectivity index is 1.07. The summed E-state index contributed by atoms with van der Waals surface area (Å²) in [4.78, 5) is 2.29. The Labute approximate surface area is 278 Å². The monoisotopic (exact) mass is 611 g/mol. The number of para-hydroxylation sites is 2. The van der Waals surface area contributed by atoms with Crippen molar-refractivity contribution in [1.29, 1.82) is 0 Å². The van der Waals surface area contributed by atoms with E-state index < -0.39 is 0 Å². The van der Waals surface area contributed by atoms with Crippen LogP contribution in [0.5, 0.6) is 0 Å². The third-order valence-electron chi connectivity index (χ3n) is 9.80. The summed E-state index contributed by atoms with van der Waals surface area (Å²) >= 11 is 0. The summed E-state index contributed by atoms with van der Waals surface area (Å²) in [6.07, 6.45) is 0. The second-order valence-electron chi connectivity index (χ2n) is 12.5. The molecule has 0 aliphatic rings. The Hall–Kier alpha value is -6.38. The maximum absolute atomic E-state index is 6.36. The molecule has 0 radical (unpaired) electrons. The summed E-state index contributed by atoms with van der Waals surface area (Å²) in [5.74, 6) is 0. The molecule has 2 heteroatoms. The quantitative estimate of drug-likeness (QED) is 0.180. The molecule has 0 N–H and O–H groups in total. The number of hydrogen-bond acceptors (Lipinski definition) is 2. The fraction of sp³-hybridized carbons (Fsp3) is 0. The lowest BCUT2D eigenvalue weighted by atomic mass is 9.89. The molecule has 10 rings (SSSR count). The third-order valence-corrected chi connectivity index (χ3v) is 9.80. The van der Waals surface area contributed by atoms with Crippen LogP contribution < -0.4 is 4.90 Å². The van der Waals surface area contributed by atoms with Crippen molar-refractivity contribution in [3.8, 4) is 22.3 Å². The molecule has 0 amide bonds. The highest BCUT2D eigenvalue weighted by atomic mass is 16.3. The lowest BCUT2D eigenvalue weighted by Gasteiger charge is -2.25. The molecule has 0 aliphatic carbocycles. The first-order chi connectivity index (χ1) is 23.8. The minimum atomic E-state index is 0.900. The van der Waals surface area contributed by atoms with Crippen LogP contribution in [0.3, 0.4) is 0 Å². The fourth-order valence-electron chi connectivity index (χ4n) is 7.52. The average Bonchev–Trinajstić information content (AvgIpc) is 3.52. The predicted molar refractivity (Wildman–Crippen MR) is 203 cm³/mol. The molecule has 0 saturated heterocycles. The van der Waals surface area contributed by atoms with Crippen molar-refractivity contribution in [2.24, 2.45) is 0 Å². The van der Waals surface area contributed by atoms with Gasteiger partial charge in [-0.1, -0.05) is 115 Å². The van der Waals surface area contributed by atoms with Crippen LogP contribution >= 0.6 is 0 Å². The van der Waals surface area contributed by atoms with Gasteiger partial charge in [-0.05, 0) is 115 Å². The van der Waals surface area contributed by atoms with Gasteiger partial charge in [0.05, 0.1) is 0 Å². The van der Waals surface area contributed by atoms with E-state index in [1.165, 1.54) is 49.0 Å². The molecular formula is C46H29NO. The molecule has 2 nitrogen and oxygen atoms in total. The van der Waals surface area contributed by atoms with E-state index >= 15 is 0 Å². The molecule has 0 fully saturated rings. The van der Waals surface area contributed by atoms with Crippen molar-refractivity contribution >= 4 is 71.3 Å². The maximum atomic E-state index is 6.36. The van der Waals surface area contributed by atoms with Gasteiger partial charge in [0.15, 0.2) is 0 Å². The van der Waals surface area contributed by atoms with Crippen molar-refractivity contribution in [2.45, 2.75) is 0 Å². The molecular weight excluding hydrogens is 583 g/mol. The number of rotatable bonds is 5. The van der Waals surface area contributed by atoms with Crippen LogP contribution in [-0.2, 0) is 0 Å². The van der Waals surface area contributed by atoms with Gasteiger partial charge in [0.2, 0.25) is 0 Å². The Bertz CT molecular complexity index is 2710. The standard InChI is InChI=1S/C46H29NO/c1-3-10-36(11-4-1)47(37-12-5-2-6-13-37)38-22-16-30(17-23-38)34-20-26-43-41(28-34)42-29-35(21-27-44(42)48-43)39-24-18-33-15-14-31-8-7-9-32-19-25-40(39)46(33)45(31)32/h1-29H. The molecule has 0 aliphatic heterocycles. The molecule has 0 saturated carbocycles. The summed E-state index contributed by atoms with van der Waals surface area (Å²) < 4.78 is 6.36. The van der Waals surface area contributed by atoms with Crippen LogP contribution in [-0.4, -0.2) is 0 Å². The molecule has 1 aromatic heterocycles. The van der Waals surface area contributed by atoms with Gasteiger partial charge in [-0.2, -0.15) is 0 Å². The van der Waals surface area contributed by atoms with Gasteiger partial charge >= 0.3 is 0 Å². The maximum Gasteiger partial charge on any atom is 0.135 e. The molecule has 0 bridgehead atoms. The Morgan fingerprint density at radius 2 is 0.854 bits per heavy atom. The predicted octanol–water partition coefficient (Wildman–Crippen LogP) is 13.3. The van der Waals surface area contributed by atoms with E-state index in [0.717, 1.165) is 44.6 Å². The largest absolute Gasteiger partial charge is 0.456 e. The van der Waals surface area contributed by atoms with Crippen LogP contribution in [0.1, 0.15) is 0 Å². The average molecular weight is 612 g/mol. The van der Waals surface area contributed by atoms with Crippen molar-refractivity contribution < 1.29 is 4.42 Å². The summed E-state index contributed by atoms with van der Waals surface area (Å²) in [5.41, 5.74) is 9.94. The zero-order valence-electron chi connectivity index (χ0n) is 26.1. The topological polar surface area (TPSA) is 16.4 Å².